The minimum atomic E-state index is 0.182. The van der Waals surface area contributed by atoms with E-state index in [-0.39, 0.29) is 6.04 Å². The van der Waals surface area contributed by atoms with Crippen molar-refractivity contribution in [2.24, 2.45) is 0 Å². The van der Waals surface area contributed by atoms with Crippen molar-refractivity contribution in [2.75, 3.05) is 39.4 Å². The van der Waals surface area contributed by atoms with Crippen LogP contribution in [0.15, 0.2) is 18.3 Å². The lowest BCUT2D eigenvalue weighted by atomic mass is 10.1. The Morgan fingerprint density at radius 1 is 1.13 bits per heavy atom. The fraction of sp³-hybridized carbons (Fsp3) is 0.381. The smallest absolute Gasteiger partial charge is 0.241 e. The van der Waals surface area contributed by atoms with E-state index in [9.17, 15) is 0 Å². The van der Waals surface area contributed by atoms with Gasteiger partial charge in [0, 0.05) is 29.8 Å². The summed E-state index contributed by atoms with van der Waals surface area (Å²) in [5.74, 6) is 1.70. The number of nitrogens with one attached hydrogen (secondary N) is 1. The van der Waals surface area contributed by atoms with Crippen molar-refractivity contribution in [3.63, 3.8) is 0 Å². The topological polar surface area (TPSA) is 87.6 Å². The highest BCUT2D eigenvalue weighted by Crippen LogP contribution is 2.46. The van der Waals surface area contributed by atoms with E-state index in [1.54, 1.807) is 12.3 Å². The van der Waals surface area contributed by atoms with Crippen molar-refractivity contribution >= 4 is 40.1 Å². The average Bonchev–Trinajstić information content (AvgIpc) is 3.28. The second-order valence-corrected chi connectivity index (χ2v) is 7.62. The molecule has 1 atom stereocenters. The van der Waals surface area contributed by atoms with Gasteiger partial charge in [-0.1, -0.05) is 23.2 Å². The fourth-order valence-electron chi connectivity index (χ4n) is 3.39. The van der Waals surface area contributed by atoms with Crippen molar-refractivity contribution in [3.05, 3.63) is 28.4 Å². The third-order valence-electron chi connectivity index (χ3n) is 4.91. The molecule has 31 heavy (non-hydrogen) atoms. The molecule has 1 fully saturated rings. The summed E-state index contributed by atoms with van der Waals surface area (Å²) in [6, 6.07) is 3.63. The molecule has 8 nitrogen and oxygen atoms in total. The molecule has 3 aromatic rings. The van der Waals surface area contributed by atoms with Gasteiger partial charge < -0.3 is 24.3 Å². The Hall–Kier alpha value is -2.55. The van der Waals surface area contributed by atoms with E-state index in [2.05, 4.69) is 20.3 Å². The van der Waals surface area contributed by atoms with Crippen LogP contribution in [-0.4, -0.2) is 55.0 Å². The summed E-state index contributed by atoms with van der Waals surface area (Å²) < 4.78 is 22.0. The van der Waals surface area contributed by atoms with Crippen molar-refractivity contribution in [1.82, 2.24) is 15.0 Å². The zero-order valence-electron chi connectivity index (χ0n) is 17.4. The maximum absolute atomic E-state index is 6.58. The Balaban J connectivity index is 1.85. The Morgan fingerprint density at radius 3 is 2.48 bits per heavy atom. The number of fused-ring (bicyclic) bond motifs is 1. The Kier molecular flexibility index (Phi) is 6.50. The SMILES string of the molecule is CCOc1nc(-c2c(Cl)c(OC)cc(OC)c2Cl)cc2cnc(NC3CCOC3)nc12. The molecule has 1 aliphatic heterocycles. The predicted molar refractivity (Wildman–Crippen MR) is 120 cm³/mol. The molecule has 0 aliphatic carbocycles. The van der Waals surface area contributed by atoms with Gasteiger partial charge in [-0.2, -0.15) is 0 Å². The monoisotopic (exact) mass is 464 g/mol. The van der Waals surface area contributed by atoms with Gasteiger partial charge in [-0.05, 0) is 19.4 Å². The van der Waals surface area contributed by atoms with Gasteiger partial charge >= 0.3 is 0 Å². The molecule has 10 heteroatoms. The summed E-state index contributed by atoms with van der Waals surface area (Å²) in [6.07, 6.45) is 2.62. The number of hydrogen-bond acceptors (Lipinski definition) is 8. The number of anilines is 1. The van der Waals surface area contributed by atoms with Gasteiger partial charge in [0.15, 0.2) is 0 Å². The van der Waals surface area contributed by atoms with Crippen LogP contribution in [0.2, 0.25) is 10.0 Å². The maximum atomic E-state index is 6.58. The normalized spacial score (nSPS) is 15.8. The number of benzene rings is 1. The molecule has 1 saturated heterocycles. The number of ether oxygens (including phenoxy) is 4. The molecular formula is C21H22Cl2N4O4. The standard InChI is InChI=1S/C21H22Cl2N4O4/c1-4-31-20-19-11(9-24-21(27-19)25-12-5-6-30-10-12)7-13(26-20)16-17(22)14(28-2)8-15(29-3)18(16)23/h7-9,12H,4-6,10H2,1-3H3,(H,24,25,27). The first-order valence-electron chi connectivity index (χ1n) is 9.80. The molecule has 1 aliphatic rings. The Labute approximate surface area is 189 Å². The van der Waals surface area contributed by atoms with E-state index in [0.29, 0.717) is 63.4 Å². The largest absolute Gasteiger partial charge is 0.495 e. The maximum Gasteiger partial charge on any atom is 0.241 e. The molecule has 0 spiro atoms. The van der Waals surface area contributed by atoms with E-state index in [1.165, 1.54) is 14.2 Å². The summed E-state index contributed by atoms with van der Waals surface area (Å²) >= 11 is 13.2. The Morgan fingerprint density at radius 2 is 1.87 bits per heavy atom. The van der Waals surface area contributed by atoms with Crippen LogP contribution in [0, 0.1) is 0 Å². The van der Waals surface area contributed by atoms with Crippen LogP contribution in [0.1, 0.15) is 13.3 Å². The third-order valence-corrected chi connectivity index (χ3v) is 5.66. The van der Waals surface area contributed by atoms with Gasteiger partial charge in [-0.15, -0.1) is 0 Å². The quantitative estimate of drug-likeness (QED) is 0.541. The van der Waals surface area contributed by atoms with E-state index >= 15 is 0 Å². The lowest BCUT2D eigenvalue weighted by Gasteiger charge is -2.16. The van der Waals surface area contributed by atoms with Gasteiger partial charge in [-0.3, -0.25) is 0 Å². The zero-order valence-corrected chi connectivity index (χ0v) is 18.9. The molecule has 3 heterocycles. The number of aromatic nitrogens is 3. The van der Waals surface area contributed by atoms with E-state index < -0.39 is 0 Å². The molecule has 2 aromatic heterocycles. The van der Waals surface area contributed by atoms with Gasteiger partial charge in [-0.25, -0.2) is 15.0 Å². The van der Waals surface area contributed by atoms with Crippen LogP contribution in [-0.2, 0) is 4.74 Å². The number of nitrogens with zero attached hydrogens (tertiary/aromatic N) is 3. The molecule has 1 N–H and O–H groups in total. The minimum absolute atomic E-state index is 0.182. The highest BCUT2D eigenvalue weighted by atomic mass is 35.5. The molecular weight excluding hydrogens is 443 g/mol. The highest BCUT2D eigenvalue weighted by Gasteiger charge is 2.22. The second kappa shape index (κ2) is 9.30. The van der Waals surface area contributed by atoms with Crippen LogP contribution in [0.5, 0.6) is 17.4 Å². The van der Waals surface area contributed by atoms with Gasteiger partial charge in [0.2, 0.25) is 11.8 Å². The third kappa shape index (κ3) is 4.28. The van der Waals surface area contributed by atoms with E-state index in [4.69, 9.17) is 42.1 Å². The number of rotatable bonds is 7. The average molecular weight is 465 g/mol. The molecule has 0 bridgehead atoms. The molecule has 0 radical (unpaired) electrons. The zero-order chi connectivity index (χ0) is 22.0. The van der Waals surface area contributed by atoms with Crippen molar-refractivity contribution in [3.8, 4) is 28.6 Å². The van der Waals surface area contributed by atoms with Crippen molar-refractivity contribution in [2.45, 2.75) is 19.4 Å². The minimum Gasteiger partial charge on any atom is -0.495 e. The number of methoxy groups -OCH3 is 2. The van der Waals surface area contributed by atoms with Crippen LogP contribution in [0.25, 0.3) is 22.2 Å². The predicted octanol–water partition coefficient (Wildman–Crippen LogP) is 4.62. The summed E-state index contributed by atoms with van der Waals surface area (Å²) in [6.45, 7) is 3.65. The van der Waals surface area contributed by atoms with Crippen LogP contribution >= 0.6 is 23.2 Å². The first-order chi connectivity index (χ1) is 15.0. The highest BCUT2D eigenvalue weighted by molar-refractivity contribution is 6.41. The molecule has 0 saturated carbocycles. The lowest BCUT2D eigenvalue weighted by molar-refractivity contribution is 0.195. The summed E-state index contributed by atoms with van der Waals surface area (Å²) in [5.41, 5.74) is 1.56. The lowest BCUT2D eigenvalue weighted by Crippen LogP contribution is -2.20. The fourth-order valence-corrected chi connectivity index (χ4v) is 4.08. The van der Waals surface area contributed by atoms with Gasteiger partial charge in [0.25, 0.3) is 0 Å². The van der Waals surface area contributed by atoms with E-state index in [1.807, 2.05) is 13.0 Å². The second-order valence-electron chi connectivity index (χ2n) is 6.87. The van der Waals surface area contributed by atoms with Crippen molar-refractivity contribution < 1.29 is 18.9 Å². The van der Waals surface area contributed by atoms with Gasteiger partial charge in [0.1, 0.15) is 17.0 Å². The van der Waals surface area contributed by atoms with Crippen LogP contribution in [0.4, 0.5) is 5.95 Å². The number of hydrogen-bond donors (Lipinski definition) is 1. The van der Waals surface area contributed by atoms with E-state index in [0.717, 1.165) is 18.4 Å². The summed E-state index contributed by atoms with van der Waals surface area (Å²) in [4.78, 5) is 13.7. The first-order valence-corrected chi connectivity index (χ1v) is 10.6. The summed E-state index contributed by atoms with van der Waals surface area (Å²) in [5, 5.41) is 4.67. The number of pyridine rings is 1. The molecule has 164 valence electrons. The van der Waals surface area contributed by atoms with Gasteiger partial charge in [0.05, 0.1) is 49.2 Å². The van der Waals surface area contributed by atoms with Crippen molar-refractivity contribution in [1.29, 1.82) is 0 Å². The molecule has 0 amide bonds. The number of halogens is 2. The Bertz CT molecular complexity index is 1080. The van der Waals surface area contributed by atoms with Crippen LogP contribution in [0.3, 0.4) is 0 Å². The summed E-state index contributed by atoms with van der Waals surface area (Å²) in [7, 11) is 3.05. The molecule has 4 rings (SSSR count). The molecule has 1 unspecified atom stereocenters. The van der Waals surface area contributed by atoms with Crippen LogP contribution < -0.4 is 19.5 Å². The molecule has 1 aromatic carbocycles. The first kappa shape index (κ1) is 21.7.